The monoisotopic (exact) mass is 323 g/mol. The molecule has 0 saturated heterocycles. The van der Waals surface area contributed by atoms with Crippen molar-refractivity contribution in [2.45, 2.75) is 47.1 Å². The Morgan fingerprint density at radius 2 is 1.87 bits per heavy atom. The second-order valence-corrected chi connectivity index (χ2v) is 5.33. The number of amides is 2. The predicted molar refractivity (Wildman–Crippen MR) is 86.5 cm³/mol. The lowest BCUT2D eigenvalue weighted by Crippen LogP contribution is -2.45. The van der Waals surface area contributed by atoms with Crippen LogP contribution in [0.1, 0.15) is 59.3 Å². The fourth-order valence-corrected chi connectivity index (χ4v) is 2.22. The highest BCUT2D eigenvalue weighted by atomic mass is 16.5. The van der Waals surface area contributed by atoms with Gasteiger partial charge in [-0.15, -0.1) is 0 Å². The van der Waals surface area contributed by atoms with Crippen LogP contribution < -0.4 is 10.6 Å². The van der Waals surface area contributed by atoms with Gasteiger partial charge in [0.2, 0.25) is 5.91 Å². The number of aryl methyl sites for hydroxylation is 1. The smallest absolute Gasteiger partial charge is 0.340 e. The molecule has 0 aliphatic rings. The second kappa shape index (κ2) is 8.36. The first kappa shape index (κ1) is 18.7. The van der Waals surface area contributed by atoms with Crippen LogP contribution in [-0.4, -0.2) is 42.0 Å². The van der Waals surface area contributed by atoms with Gasteiger partial charge in [0.1, 0.15) is 11.7 Å². The number of carbonyl (C=O) groups is 3. The zero-order valence-electron chi connectivity index (χ0n) is 14.3. The first-order valence-electron chi connectivity index (χ1n) is 7.78. The van der Waals surface area contributed by atoms with E-state index in [4.69, 9.17) is 4.74 Å². The van der Waals surface area contributed by atoms with E-state index in [9.17, 15) is 14.4 Å². The van der Waals surface area contributed by atoms with E-state index >= 15 is 0 Å². The number of rotatable bonds is 7. The molecule has 23 heavy (non-hydrogen) atoms. The quantitative estimate of drug-likeness (QED) is 0.661. The number of aromatic nitrogens is 1. The van der Waals surface area contributed by atoms with Gasteiger partial charge in [-0.1, -0.05) is 6.92 Å². The summed E-state index contributed by atoms with van der Waals surface area (Å²) in [6, 6.07) is -0.664. The molecular formula is C16H25N3O4. The minimum atomic E-state index is -0.664. The topological polar surface area (TPSA) is 100 Å². The van der Waals surface area contributed by atoms with E-state index in [1.165, 1.54) is 0 Å². The van der Waals surface area contributed by atoms with E-state index in [1.54, 1.807) is 27.7 Å². The number of H-pyrrole nitrogens is 1. The zero-order chi connectivity index (χ0) is 17.6. The maximum atomic E-state index is 12.3. The van der Waals surface area contributed by atoms with Crippen molar-refractivity contribution in [2.75, 3.05) is 13.2 Å². The lowest BCUT2D eigenvalue weighted by Gasteiger charge is -2.13. The predicted octanol–water partition coefficient (Wildman–Crippen LogP) is 1.45. The van der Waals surface area contributed by atoms with Crippen LogP contribution in [0, 0.1) is 13.8 Å². The van der Waals surface area contributed by atoms with Gasteiger partial charge in [0, 0.05) is 12.2 Å². The van der Waals surface area contributed by atoms with E-state index in [0.717, 1.165) is 6.42 Å². The molecule has 0 fully saturated rings. The number of nitrogens with one attached hydrogen (secondary N) is 3. The van der Waals surface area contributed by atoms with Gasteiger partial charge in [-0.25, -0.2) is 4.79 Å². The fourth-order valence-electron chi connectivity index (χ4n) is 2.22. The summed E-state index contributed by atoms with van der Waals surface area (Å²) in [6.45, 7) is 9.48. The Morgan fingerprint density at radius 3 is 2.43 bits per heavy atom. The lowest BCUT2D eigenvalue weighted by molar-refractivity contribution is -0.122. The van der Waals surface area contributed by atoms with Gasteiger partial charge < -0.3 is 20.4 Å². The molecule has 0 radical (unpaired) electrons. The average molecular weight is 323 g/mol. The molecule has 1 rings (SSSR count). The molecule has 1 atom stereocenters. The lowest BCUT2D eigenvalue weighted by atomic mass is 10.1. The molecule has 7 heteroatoms. The molecule has 128 valence electrons. The van der Waals surface area contributed by atoms with Gasteiger partial charge in [0.15, 0.2) is 0 Å². The third-order valence-corrected chi connectivity index (χ3v) is 3.43. The number of carbonyl (C=O) groups excluding carboxylic acids is 3. The van der Waals surface area contributed by atoms with Crippen LogP contribution in [0.5, 0.6) is 0 Å². The van der Waals surface area contributed by atoms with Gasteiger partial charge in [-0.3, -0.25) is 9.59 Å². The van der Waals surface area contributed by atoms with Crippen LogP contribution in [0.2, 0.25) is 0 Å². The second-order valence-electron chi connectivity index (χ2n) is 5.33. The van der Waals surface area contributed by atoms with Crippen molar-refractivity contribution in [3.05, 3.63) is 22.5 Å². The molecule has 0 bridgehead atoms. The molecule has 0 aromatic carbocycles. The van der Waals surface area contributed by atoms with Crippen molar-refractivity contribution in [2.24, 2.45) is 0 Å². The molecule has 1 aromatic rings. The summed E-state index contributed by atoms with van der Waals surface area (Å²) < 4.78 is 4.99. The highest BCUT2D eigenvalue weighted by molar-refractivity contribution is 6.01. The van der Waals surface area contributed by atoms with Crippen molar-refractivity contribution in [3.63, 3.8) is 0 Å². The van der Waals surface area contributed by atoms with Gasteiger partial charge in [0.05, 0.1) is 12.2 Å². The van der Waals surface area contributed by atoms with Crippen LogP contribution in [0.25, 0.3) is 0 Å². The first-order chi connectivity index (χ1) is 10.8. The number of aromatic amines is 1. The number of hydrogen-bond acceptors (Lipinski definition) is 4. The highest BCUT2D eigenvalue weighted by Gasteiger charge is 2.24. The molecule has 0 aliphatic carbocycles. The molecule has 0 spiro atoms. The van der Waals surface area contributed by atoms with Crippen LogP contribution in [-0.2, 0) is 9.53 Å². The minimum Gasteiger partial charge on any atom is -0.462 e. The van der Waals surface area contributed by atoms with E-state index in [0.29, 0.717) is 23.4 Å². The summed E-state index contributed by atoms with van der Waals surface area (Å²) >= 11 is 0. The Balaban J connectivity index is 2.87. The summed E-state index contributed by atoms with van der Waals surface area (Å²) in [7, 11) is 0. The maximum Gasteiger partial charge on any atom is 0.340 e. The van der Waals surface area contributed by atoms with Crippen LogP contribution in [0.4, 0.5) is 0 Å². The van der Waals surface area contributed by atoms with Crippen LogP contribution in [0.3, 0.4) is 0 Å². The van der Waals surface area contributed by atoms with E-state index in [1.807, 2.05) is 6.92 Å². The molecule has 1 aromatic heterocycles. The SMILES string of the molecule is CCCNC(=O)[C@@H](C)NC(=O)c1[nH]c(C)c(C(=O)OCC)c1C. The molecule has 7 nitrogen and oxygen atoms in total. The summed E-state index contributed by atoms with van der Waals surface area (Å²) in [5, 5.41) is 5.34. The van der Waals surface area contributed by atoms with Crippen molar-refractivity contribution in [1.29, 1.82) is 0 Å². The van der Waals surface area contributed by atoms with E-state index in [2.05, 4.69) is 15.6 Å². The number of esters is 1. The zero-order valence-corrected chi connectivity index (χ0v) is 14.3. The average Bonchev–Trinajstić information content (AvgIpc) is 2.79. The Morgan fingerprint density at radius 1 is 1.22 bits per heavy atom. The summed E-state index contributed by atoms with van der Waals surface area (Å²) in [5.41, 5.74) is 1.70. The molecule has 3 N–H and O–H groups in total. The number of ether oxygens (including phenoxy) is 1. The Hall–Kier alpha value is -2.31. The summed E-state index contributed by atoms with van der Waals surface area (Å²) in [4.78, 5) is 39.0. The Bertz CT molecular complexity index is 592. The normalized spacial score (nSPS) is 11.7. The van der Waals surface area contributed by atoms with Gasteiger partial charge >= 0.3 is 5.97 Å². The largest absolute Gasteiger partial charge is 0.462 e. The molecule has 0 aliphatic heterocycles. The minimum absolute atomic E-state index is 0.244. The fraction of sp³-hybridized carbons (Fsp3) is 0.562. The maximum absolute atomic E-state index is 12.3. The van der Waals surface area contributed by atoms with Gasteiger partial charge in [-0.05, 0) is 39.7 Å². The van der Waals surface area contributed by atoms with E-state index in [-0.39, 0.29) is 18.2 Å². The summed E-state index contributed by atoms with van der Waals surface area (Å²) in [6.07, 6.45) is 0.824. The molecule has 0 unspecified atom stereocenters. The third kappa shape index (κ3) is 4.58. The van der Waals surface area contributed by atoms with Crippen molar-refractivity contribution in [1.82, 2.24) is 15.6 Å². The molecular weight excluding hydrogens is 298 g/mol. The van der Waals surface area contributed by atoms with Gasteiger partial charge in [-0.2, -0.15) is 0 Å². The van der Waals surface area contributed by atoms with Crippen molar-refractivity contribution >= 4 is 17.8 Å². The van der Waals surface area contributed by atoms with Crippen LogP contribution in [0.15, 0.2) is 0 Å². The highest BCUT2D eigenvalue weighted by Crippen LogP contribution is 2.19. The van der Waals surface area contributed by atoms with Crippen molar-refractivity contribution in [3.8, 4) is 0 Å². The molecule has 1 heterocycles. The Kier molecular flexibility index (Phi) is 6.81. The summed E-state index contributed by atoms with van der Waals surface area (Å²) in [5.74, 6) is -1.14. The molecule has 2 amide bonds. The first-order valence-corrected chi connectivity index (χ1v) is 7.78. The molecule has 0 saturated carbocycles. The third-order valence-electron chi connectivity index (χ3n) is 3.43. The van der Waals surface area contributed by atoms with E-state index < -0.39 is 17.9 Å². The van der Waals surface area contributed by atoms with Crippen LogP contribution >= 0.6 is 0 Å². The van der Waals surface area contributed by atoms with Gasteiger partial charge in [0.25, 0.3) is 5.91 Å². The standard InChI is InChI=1S/C16H25N3O4/c1-6-8-17-14(20)11(5)19-15(21)13-9(3)12(10(4)18-13)16(22)23-7-2/h11,18H,6-8H2,1-5H3,(H,17,20)(H,19,21)/t11-/m1/s1. The van der Waals surface area contributed by atoms with Crippen molar-refractivity contribution < 1.29 is 19.1 Å². The number of hydrogen-bond donors (Lipinski definition) is 3. The Labute approximate surface area is 136 Å².